The zero-order chi connectivity index (χ0) is 29.3. The molecular weight excluding hydrogens is 524 g/mol. The highest BCUT2D eigenvalue weighted by molar-refractivity contribution is 5.82. The van der Waals surface area contributed by atoms with Crippen LogP contribution in [0.3, 0.4) is 0 Å². The van der Waals surface area contributed by atoms with Gasteiger partial charge in [-0.25, -0.2) is 0 Å². The van der Waals surface area contributed by atoms with E-state index in [0.29, 0.717) is 39.0 Å². The second-order valence-corrected chi connectivity index (χ2v) is 9.12. The largest absolute Gasteiger partial charge is 0.462 e. The van der Waals surface area contributed by atoms with Crippen molar-refractivity contribution in [1.82, 2.24) is 9.80 Å². The van der Waals surface area contributed by atoms with E-state index in [1.54, 1.807) is 9.80 Å². The molecule has 0 saturated heterocycles. The molecule has 2 aliphatic heterocycles. The molecule has 4 atom stereocenters. The number of hydrogen-bond donors (Lipinski definition) is 0. The van der Waals surface area contributed by atoms with Crippen LogP contribution < -0.4 is 0 Å². The van der Waals surface area contributed by atoms with E-state index in [4.69, 9.17) is 28.4 Å². The molecule has 0 spiro atoms. The number of methoxy groups -OCH3 is 4. The molecule has 0 aromatic carbocycles. The van der Waals surface area contributed by atoms with Gasteiger partial charge >= 0.3 is 11.9 Å². The van der Waals surface area contributed by atoms with Gasteiger partial charge in [0.15, 0.2) is 0 Å². The molecule has 0 radical (unpaired) electrons. The quantitative estimate of drug-likeness (QED) is 0.173. The molecule has 0 unspecified atom stereocenters. The molecular formula is C28H40N2O10. The van der Waals surface area contributed by atoms with Crippen molar-refractivity contribution in [2.24, 2.45) is 0 Å². The molecule has 2 heterocycles. The highest BCUT2D eigenvalue weighted by Gasteiger charge is 2.27. The Hall–Kier alpha value is -3.16. The van der Waals surface area contributed by atoms with Crippen molar-refractivity contribution in [1.29, 1.82) is 0 Å². The number of carbonyl (C=O) groups excluding carboxylic acids is 4. The van der Waals surface area contributed by atoms with Gasteiger partial charge in [0, 0.05) is 67.2 Å². The van der Waals surface area contributed by atoms with Gasteiger partial charge in [0.2, 0.25) is 11.8 Å². The summed E-state index contributed by atoms with van der Waals surface area (Å²) >= 11 is 0. The van der Waals surface area contributed by atoms with E-state index in [0.717, 1.165) is 0 Å². The normalized spacial score (nSPS) is 22.7. The fraction of sp³-hybridized carbons (Fsp3) is 0.714. The lowest BCUT2D eigenvalue weighted by atomic mass is 10.1. The molecule has 40 heavy (non-hydrogen) atoms. The molecule has 0 aliphatic carbocycles. The molecule has 0 saturated carbocycles. The van der Waals surface area contributed by atoms with E-state index in [1.165, 1.54) is 28.4 Å². The summed E-state index contributed by atoms with van der Waals surface area (Å²) < 4.78 is 31.6. The zero-order valence-corrected chi connectivity index (χ0v) is 23.8. The van der Waals surface area contributed by atoms with Crippen LogP contribution in [-0.2, 0) is 47.6 Å². The minimum atomic E-state index is -0.577. The van der Waals surface area contributed by atoms with Crippen LogP contribution in [0, 0.1) is 23.7 Å². The van der Waals surface area contributed by atoms with Crippen LogP contribution in [-0.4, -0.2) is 126 Å². The lowest BCUT2D eigenvalue weighted by molar-refractivity contribution is -0.153. The van der Waals surface area contributed by atoms with Gasteiger partial charge in [0.25, 0.3) is 0 Å². The highest BCUT2D eigenvalue weighted by Crippen LogP contribution is 2.12. The van der Waals surface area contributed by atoms with Gasteiger partial charge in [-0.1, -0.05) is 23.7 Å². The third-order valence-electron chi connectivity index (χ3n) is 6.49. The topological polar surface area (TPSA) is 130 Å². The Morgan fingerprint density at radius 1 is 0.625 bits per heavy atom. The van der Waals surface area contributed by atoms with Gasteiger partial charge < -0.3 is 38.2 Å². The summed E-state index contributed by atoms with van der Waals surface area (Å²) in [7, 11) is 6.14. The molecule has 0 aromatic rings. The Balaban J connectivity index is 1.64. The second kappa shape index (κ2) is 18.2. The van der Waals surface area contributed by atoms with Crippen LogP contribution >= 0.6 is 0 Å². The Kier molecular flexibility index (Phi) is 15.1. The summed E-state index contributed by atoms with van der Waals surface area (Å²) in [6.45, 7) is 1.19. The van der Waals surface area contributed by atoms with Gasteiger partial charge in [-0.05, 0) is 0 Å². The number of hydrogen-bond acceptors (Lipinski definition) is 10. The number of esters is 2. The van der Waals surface area contributed by atoms with Crippen molar-refractivity contribution in [3.8, 4) is 23.7 Å². The van der Waals surface area contributed by atoms with Crippen LogP contribution in [0.2, 0.25) is 0 Å². The number of amides is 2. The van der Waals surface area contributed by atoms with Gasteiger partial charge in [0.05, 0.1) is 25.9 Å². The first-order valence-electron chi connectivity index (χ1n) is 13.3. The monoisotopic (exact) mass is 564 g/mol. The van der Waals surface area contributed by atoms with E-state index in [9.17, 15) is 19.2 Å². The molecule has 0 aromatic heterocycles. The summed E-state index contributed by atoms with van der Waals surface area (Å²) in [5.41, 5.74) is 0. The van der Waals surface area contributed by atoms with Crippen molar-refractivity contribution in [3.05, 3.63) is 0 Å². The minimum absolute atomic E-state index is 0.0284. The van der Waals surface area contributed by atoms with Crippen LogP contribution in [0.1, 0.15) is 38.5 Å². The SMILES string of the molecule is CO[C@H]1C#CCCN(C(=O)CCC(=O)OCCOC(=O)CCC(=O)N2CCC#C[C@H](OC)[C@@H](OC)C2)C[C@@H]1OC. The first-order valence-corrected chi connectivity index (χ1v) is 13.3. The first kappa shape index (κ1) is 33.0. The van der Waals surface area contributed by atoms with Gasteiger partial charge in [-0.15, -0.1) is 0 Å². The molecule has 2 rings (SSSR count). The van der Waals surface area contributed by atoms with Crippen LogP contribution in [0.25, 0.3) is 0 Å². The summed E-state index contributed by atoms with van der Waals surface area (Å²) in [6.07, 6.45) is -0.948. The number of rotatable bonds is 13. The van der Waals surface area contributed by atoms with Crippen LogP contribution in [0.5, 0.6) is 0 Å². The second-order valence-electron chi connectivity index (χ2n) is 9.12. The Morgan fingerprint density at radius 3 is 1.38 bits per heavy atom. The summed E-state index contributed by atoms with van der Waals surface area (Å²) in [5.74, 6) is 10.3. The summed E-state index contributed by atoms with van der Waals surface area (Å²) in [5, 5.41) is 0. The average Bonchev–Trinajstić information content (AvgIpc) is 2.93. The van der Waals surface area contributed by atoms with E-state index in [-0.39, 0.29) is 50.7 Å². The molecule has 12 nitrogen and oxygen atoms in total. The minimum Gasteiger partial charge on any atom is -0.462 e. The fourth-order valence-corrected chi connectivity index (χ4v) is 4.18. The predicted molar refractivity (Wildman–Crippen MR) is 142 cm³/mol. The average molecular weight is 565 g/mol. The lowest BCUT2D eigenvalue weighted by Crippen LogP contribution is -2.45. The van der Waals surface area contributed by atoms with Crippen molar-refractivity contribution < 1.29 is 47.6 Å². The smallest absolute Gasteiger partial charge is 0.306 e. The van der Waals surface area contributed by atoms with Crippen LogP contribution in [0.15, 0.2) is 0 Å². The Labute approximate surface area is 235 Å². The van der Waals surface area contributed by atoms with Crippen molar-refractivity contribution in [2.45, 2.75) is 62.9 Å². The molecule has 2 aliphatic rings. The molecule has 0 bridgehead atoms. The standard InChI is InChI=1S/C28H40N2O10/c1-35-21-9-5-7-15-29(19-23(21)37-3)25(31)11-13-27(33)39-17-18-40-28(34)14-12-26(32)30-16-8-6-10-22(36-2)24(20-30)38-4/h21-24H,7-8,11-20H2,1-4H3/t21-,22-,23-,24-/m0/s1. The Morgan fingerprint density at radius 2 is 1.02 bits per heavy atom. The lowest BCUT2D eigenvalue weighted by Gasteiger charge is -2.30. The third kappa shape index (κ3) is 11.1. The maximum absolute atomic E-state index is 12.6. The molecule has 0 N–H and O–H groups in total. The number of ether oxygens (including phenoxy) is 6. The maximum atomic E-state index is 12.6. The van der Waals surface area contributed by atoms with Gasteiger partial charge in [-0.3, -0.25) is 19.2 Å². The molecule has 222 valence electrons. The van der Waals surface area contributed by atoms with E-state index < -0.39 is 36.4 Å². The van der Waals surface area contributed by atoms with E-state index >= 15 is 0 Å². The molecule has 12 heteroatoms. The summed E-state index contributed by atoms with van der Waals surface area (Å²) in [6, 6.07) is 0. The van der Waals surface area contributed by atoms with Crippen LogP contribution in [0.4, 0.5) is 0 Å². The molecule has 2 amide bonds. The van der Waals surface area contributed by atoms with E-state index in [1.807, 2.05) is 0 Å². The summed E-state index contributed by atoms with van der Waals surface area (Å²) in [4.78, 5) is 52.6. The number of carbonyl (C=O) groups is 4. The van der Waals surface area contributed by atoms with Gasteiger partial charge in [0.1, 0.15) is 37.6 Å². The molecule has 0 fully saturated rings. The van der Waals surface area contributed by atoms with E-state index in [2.05, 4.69) is 23.7 Å². The van der Waals surface area contributed by atoms with Crippen molar-refractivity contribution in [2.75, 3.05) is 67.8 Å². The fourth-order valence-electron chi connectivity index (χ4n) is 4.18. The van der Waals surface area contributed by atoms with Crippen molar-refractivity contribution >= 4 is 23.8 Å². The zero-order valence-electron chi connectivity index (χ0n) is 23.8. The number of nitrogens with zero attached hydrogens (tertiary/aromatic N) is 2. The Bertz CT molecular complexity index is 901. The first-order chi connectivity index (χ1) is 19.3. The predicted octanol–water partition coefficient (Wildman–Crippen LogP) is 0.165. The van der Waals surface area contributed by atoms with Crippen molar-refractivity contribution in [3.63, 3.8) is 0 Å². The van der Waals surface area contributed by atoms with Gasteiger partial charge in [-0.2, -0.15) is 0 Å². The highest BCUT2D eigenvalue weighted by atomic mass is 16.6. The third-order valence-corrected chi connectivity index (χ3v) is 6.49. The maximum Gasteiger partial charge on any atom is 0.306 e.